The first-order chi connectivity index (χ1) is 7.00. The van der Waals surface area contributed by atoms with Crippen molar-refractivity contribution in [3.63, 3.8) is 0 Å². The second-order valence-corrected chi connectivity index (χ2v) is 4.03. The Morgan fingerprint density at radius 1 is 1.47 bits per heavy atom. The van der Waals surface area contributed by atoms with Crippen LogP contribution in [0.25, 0.3) is 0 Å². The van der Waals surface area contributed by atoms with Gasteiger partial charge in [0.2, 0.25) is 0 Å². The molecule has 1 aromatic carbocycles. The number of rotatable bonds is 4. The van der Waals surface area contributed by atoms with E-state index < -0.39 is 13.0 Å². The third kappa shape index (κ3) is 3.76. The molecule has 2 nitrogen and oxygen atoms in total. The molecule has 0 spiro atoms. The highest BCUT2D eigenvalue weighted by molar-refractivity contribution is 9.10. The van der Waals surface area contributed by atoms with E-state index in [2.05, 4.69) is 15.9 Å². The Bertz CT molecular complexity index is 331. The quantitative estimate of drug-likeness (QED) is 0.919. The van der Waals surface area contributed by atoms with Crippen LogP contribution in [0.4, 0.5) is 8.78 Å². The molecule has 0 radical (unpaired) electrons. The van der Waals surface area contributed by atoms with Crippen LogP contribution in [-0.2, 0) is 0 Å². The van der Waals surface area contributed by atoms with Crippen LogP contribution in [0, 0.1) is 0 Å². The van der Waals surface area contributed by atoms with Crippen LogP contribution < -0.4 is 10.5 Å². The maximum atomic E-state index is 11.9. The highest BCUT2D eigenvalue weighted by Crippen LogP contribution is 2.28. The van der Waals surface area contributed by atoms with Gasteiger partial charge in [0.25, 0.3) is 6.43 Å². The Morgan fingerprint density at radius 2 is 2.13 bits per heavy atom. The molecule has 0 saturated carbocycles. The van der Waals surface area contributed by atoms with Crippen molar-refractivity contribution in [1.82, 2.24) is 0 Å². The molecule has 0 bridgehead atoms. The van der Waals surface area contributed by atoms with Crippen molar-refractivity contribution >= 4 is 15.9 Å². The summed E-state index contributed by atoms with van der Waals surface area (Å²) < 4.78 is 29.3. The average Bonchev–Trinajstić information content (AvgIpc) is 2.15. The summed E-state index contributed by atoms with van der Waals surface area (Å²) in [4.78, 5) is 0. The molecule has 0 amide bonds. The predicted octanol–water partition coefficient (Wildman–Crippen LogP) is 3.11. The molecule has 1 rings (SSSR count). The van der Waals surface area contributed by atoms with E-state index in [9.17, 15) is 8.78 Å². The fourth-order valence-corrected chi connectivity index (χ4v) is 1.58. The third-order valence-electron chi connectivity index (χ3n) is 1.85. The predicted molar refractivity (Wildman–Crippen MR) is 58.2 cm³/mol. The number of nitrogens with two attached hydrogens (primary N) is 1. The van der Waals surface area contributed by atoms with E-state index in [1.54, 1.807) is 18.2 Å². The van der Waals surface area contributed by atoms with Crippen LogP contribution in [0.3, 0.4) is 0 Å². The second-order valence-electron chi connectivity index (χ2n) is 3.18. The lowest BCUT2D eigenvalue weighted by Gasteiger charge is -2.10. The summed E-state index contributed by atoms with van der Waals surface area (Å²) in [7, 11) is 0. The smallest absolute Gasteiger partial charge is 0.272 e. The van der Waals surface area contributed by atoms with Crippen molar-refractivity contribution < 1.29 is 13.5 Å². The summed E-state index contributed by atoms with van der Waals surface area (Å²) in [5.74, 6) is 0.403. The van der Waals surface area contributed by atoms with Crippen LogP contribution in [0.5, 0.6) is 5.75 Å². The summed E-state index contributed by atoms with van der Waals surface area (Å²) in [5.41, 5.74) is 6.60. The molecule has 15 heavy (non-hydrogen) atoms. The van der Waals surface area contributed by atoms with Gasteiger partial charge in [-0.15, -0.1) is 0 Å². The van der Waals surface area contributed by atoms with Gasteiger partial charge in [-0.1, -0.05) is 6.07 Å². The standard InChI is InChI=1S/C10H12BrF2NO/c1-6(14)7-2-3-9(8(11)4-7)15-5-10(12)13/h2-4,6,10H,5,14H2,1H3. The molecule has 0 aliphatic rings. The lowest BCUT2D eigenvalue weighted by atomic mass is 10.1. The van der Waals surface area contributed by atoms with Crippen molar-refractivity contribution in [2.45, 2.75) is 19.4 Å². The molecule has 1 atom stereocenters. The minimum Gasteiger partial charge on any atom is -0.486 e. The fourth-order valence-electron chi connectivity index (χ4n) is 1.07. The zero-order chi connectivity index (χ0) is 11.4. The lowest BCUT2D eigenvalue weighted by molar-refractivity contribution is 0.0815. The number of hydrogen-bond acceptors (Lipinski definition) is 2. The van der Waals surface area contributed by atoms with E-state index in [1.807, 2.05) is 6.92 Å². The van der Waals surface area contributed by atoms with Crippen molar-refractivity contribution in [3.05, 3.63) is 28.2 Å². The highest BCUT2D eigenvalue weighted by atomic mass is 79.9. The summed E-state index contributed by atoms with van der Waals surface area (Å²) in [6.07, 6.45) is -2.47. The Morgan fingerprint density at radius 3 is 2.60 bits per heavy atom. The van der Waals surface area contributed by atoms with Crippen LogP contribution >= 0.6 is 15.9 Å². The van der Waals surface area contributed by atoms with Crippen molar-refractivity contribution in [3.8, 4) is 5.75 Å². The Hall–Kier alpha value is -0.680. The zero-order valence-electron chi connectivity index (χ0n) is 8.21. The van der Waals surface area contributed by atoms with E-state index in [-0.39, 0.29) is 6.04 Å². The largest absolute Gasteiger partial charge is 0.486 e. The van der Waals surface area contributed by atoms with E-state index in [0.717, 1.165) is 5.56 Å². The monoisotopic (exact) mass is 279 g/mol. The molecule has 0 aliphatic heterocycles. The van der Waals surface area contributed by atoms with Crippen LogP contribution in [0.15, 0.2) is 22.7 Å². The fraction of sp³-hybridized carbons (Fsp3) is 0.400. The maximum absolute atomic E-state index is 11.9. The summed E-state index contributed by atoms with van der Waals surface area (Å²) in [6.45, 7) is 1.25. The molecule has 0 aromatic heterocycles. The molecule has 0 saturated heterocycles. The maximum Gasteiger partial charge on any atom is 0.272 e. The van der Waals surface area contributed by atoms with Gasteiger partial charge in [0, 0.05) is 6.04 Å². The summed E-state index contributed by atoms with van der Waals surface area (Å²) in [5, 5.41) is 0. The van der Waals surface area contributed by atoms with E-state index >= 15 is 0 Å². The first-order valence-corrected chi connectivity index (χ1v) is 5.26. The molecule has 0 aliphatic carbocycles. The minimum absolute atomic E-state index is 0.0922. The number of hydrogen-bond donors (Lipinski definition) is 1. The molecular formula is C10H12BrF2NO. The second kappa shape index (κ2) is 5.42. The van der Waals surface area contributed by atoms with Gasteiger partial charge in [0.05, 0.1) is 4.47 Å². The van der Waals surface area contributed by atoms with Gasteiger partial charge in [0.1, 0.15) is 12.4 Å². The number of benzene rings is 1. The van der Waals surface area contributed by atoms with Crippen LogP contribution in [0.2, 0.25) is 0 Å². The molecule has 0 heterocycles. The SMILES string of the molecule is CC(N)c1ccc(OCC(F)F)c(Br)c1. The van der Waals surface area contributed by atoms with Crippen LogP contribution in [-0.4, -0.2) is 13.0 Å². The Kier molecular flexibility index (Phi) is 4.47. The Labute approximate surface area is 95.5 Å². The van der Waals surface area contributed by atoms with Gasteiger partial charge in [0.15, 0.2) is 0 Å². The van der Waals surface area contributed by atoms with Crippen molar-refractivity contribution in [2.24, 2.45) is 5.73 Å². The number of alkyl halides is 2. The third-order valence-corrected chi connectivity index (χ3v) is 2.47. The average molecular weight is 280 g/mol. The molecule has 5 heteroatoms. The first kappa shape index (κ1) is 12.4. The Balaban J connectivity index is 2.75. The number of ether oxygens (including phenoxy) is 1. The van der Waals surface area contributed by atoms with E-state index in [0.29, 0.717) is 10.2 Å². The summed E-state index contributed by atoms with van der Waals surface area (Å²) >= 11 is 3.24. The normalized spacial score (nSPS) is 12.9. The minimum atomic E-state index is -2.47. The van der Waals surface area contributed by atoms with E-state index in [1.165, 1.54) is 0 Å². The summed E-state index contributed by atoms with van der Waals surface area (Å²) in [6, 6.07) is 5.07. The van der Waals surface area contributed by atoms with Gasteiger partial charge >= 0.3 is 0 Å². The van der Waals surface area contributed by atoms with Crippen molar-refractivity contribution in [2.75, 3.05) is 6.61 Å². The van der Waals surface area contributed by atoms with E-state index in [4.69, 9.17) is 10.5 Å². The molecule has 1 unspecified atom stereocenters. The van der Waals surface area contributed by atoms with Gasteiger partial charge in [-0.2, -0.15) is 0 Å². The van der Waals surface area contributed by atoms with Gasteiger partial charge in [-0.25, -0.2) is 8.78 Å². The molecular weight excluding hydrogens is 268 g/mol. The van der Waals surface area contributed by atoms with Gasteiger partial charge in [-0.05, 0) is 40.5 Å². The highest BCUT2D eigenvalue weighted by Gasteiger charge is 2.08. The molecule has 84 valence electrons. The van der Waals surface area contributed by atoms with Crippen LogP contribution in [0.1, 0.15) is 18.5 Å². The molecule has 0 fully saturated rings. The zero-order valence-corrected chi connectivity index (χ0v) is 9.80. The lowest BCUT2D eigenvalue weighted by Crippen LogP contribution is -2.08. The van der Waals surface area contributed by atoms with Gasteiger partial charge < -0.3 is 10.5 Å². The van der Waals surface area contributed by atoms with Gasteiger partial charge in [-0.3, -0.25) is 0 Å². The number of halogens is 3. The first-order valence-electron chi connectivity index (χ1n) is 4.46. The topological polar surface area (TPSA) is 35.2 Å². The molecule has 2 N–H and O–H groups in total. The van der Waals surface area contributed by atoms with Crippen molar-refractivity contribution in [1.29, 1.82) is 0 Å². The molecule has 1 aromatic rings.